The molecule has 0 amide bonds. The first kappa shape index (κ1) is 11.8. The quantitative estimate of drug-likeness (QED) is 0.866. The van der Waals surface area contributed by atoms with Crippen molar-refractivity contribution in [2.24, 2.45) is 5.73 Å². The molecule has 120 valence electrons. The van der Waals surface area contributed by atoms with Crippen LogP contribution in [0, 0.1) is 0 Å². The summed E-state index contributed by atoms with van der Waals surface area (Å²) in [4.78, 5) is 0. The Morgan fingerprint density at radius 3 is 2.18 bits per heavy atom. The van der Waals surface area contributed by atoms with Gasteiger partial charge in [-0.2, -0.15) is 13.2 Å². The van der Waals surface area contributed by atoms with Crippen LogP contribution in [0.25, 0.3) is 0 Å². The van der Waals surface area contributed by atoms with Gasteiger partial charge in [-0.3, -0.25) is 0 Å². The Balaban J connectivity index is 0.00000364. The number of nitrogens with two attached hydrogens (primary N) is 1. The van der Waals surface area contributed by atoms with Crippen LogP contribution >= 0.6 is 12.4 Å². The van der Waals surface area contributed by atoms with E-state index >= 15 is 0 Å². The van der Waals surface area contributed by atoms with E-state index in [9.17, 15) is 13.2 Å². The first-order chi connectivity index (χ1) is 11.8. The second-order valence-electron chi connectivity index (χ2n) is 4.09. The maximum Gasteiger partial charge on any atom is 0.416 e. The largest absolute Gasteiger partial charge is 0.486 e. The summed E-state index contributed by atoms with van der Waals surface area (Å²) in [5.41, 5.74) is 4.31. The molecule has 1 atom stereocenters. The van der Waals surface area contributed by atoms with E-state index < -0.39 is 30.7 Å². The van der Waals surface area contributed by atoms with Gasteiger partial charge in [0, 0.05) is 11.9 Å². The van der Waals surface area contributed by atoms with E-state index in [-0.39, 0.29) is 23.7 Å². The van der Waals surface area contributed by atoms with E-state index in [1.807, 2.05) is 0 Å². The summed E-state index contributed by atoms with van der Waals surface area (Å²) in [6, 6.07) is 10.6. The van der Waals surface area contributed by atoms with Crippen LogP contribution in [-0.4, -0.2) is 6.50 Å². The van der Waals surface area contributed by atoms with Gasteiger partial charge in [0.15, 0.2) is 0 Å². The van der Waals surface area contributed by atoms with Crippen LogP contribution in [0.3, 0.4) is 0 Å². The summed E-state index contributed by atoms with van der Waals surface area (Å²) in [5, 5.41) is 0. The van der Waals surface area contributed by atoms with E-state index in [0.29, 0.717) is 0 Å². The third kappa shape index (κ3) is 4.93. The molecular weight excluding hydrogens is 315 g/mol. The Kier molecular flexibility index (Phi) is 4.32. The minimum absolute atomic E-state index is 0. The molecular formula is C16H17ClF3NO. The van der Waals surface area contributed by atoms with Gasteiger partial charge >= 0.3 is 6.18 Å². The summed E-state index contributed by atoms with van der Waals surface area (Å²) in [6.07, 6.45) is -10.2. The van der Waals surface area contributed by atoms with E-state index in [2.05, 4.69) is 0 Å². The van der Waals surface area contributed by atoms with Crippen molar-refractivity contribution < 1.29 is 24.8 Å². The minimum Gasteiger partial charge on any atom is -0.486 e. The topological polar surface area (TPSA) is 35.2 Å². The predicted octanol–water partition coefficient (Wildman–Crippen LogP) is 4.60. The van der Waals surface area contributed by atoms with Gasteiger partial charge in [0.05, 0.1) is 6.93 Å². The van der Waals surface area contributed by atoms with Gasteiger partial charge in [0.2, 0.25) is 0 Å². The van der Waals surface area contributed by atoms with Crippen molar-refractivity contribution in [1.82, 2.24) is 0 Å². The molecule has 2 nitrogen and oxygen atoms in total. The van der Waals surface area contributed by atoms with Crippen molar-refractivity contribution in [3.63, 3.8) is 0 Å². The van der Waals surface area contributed by atoms with E-state index in [0.717, 1.165) is 24.3 Å². The molecule has 6 heteroatoms. The highest BCUT2D eigenvalue weighted by Crippen LogP contribution is 2.31. The SMILES string of the molecule is Cl.[2H]C([2H])(N)C([2H])([2H])C([2H])(Oc1ccc(C(F)(F)F)cc1)c1ccccc1. The zero-order chi connectivity index (χ0) is 19.8. The average molecular weight is 337 g/mol. The molecule has 0 saturated carbocycles. The molecule has 0 aliphatic heterocycles. The first-order valence-corrected chi connectivity index (χ1v) is 6.00. The number of halogens is 4. The summed E-state index contributed by atoms with van der Waals surface area (Å²) >= 11 is 0. The van der Waals surface area contributed by atoms with E-state index in [4.69, 9.17) is 17.3 Å². The van der Waals surface area contributed by atoms with Crippen LogP contribution in [0.2, 0.25) is 0 Å². The minimum atomic E-state index is -4.56. The number of ether oxygens (including phenoxy) is 1. The van der Waals surface area contributed by atoms with Crippen molar-refractivity contribution in [1.29, 1.82) is 0 Å². The second kappa shape index (κ2) is 8.06. The maximum absolute atomic E-state index is 12.7. The van der Waals surface area contributed by atoms with Crippen LogP contribution in [-0.2, 0) is 6.18 Å². The molecule has 2 aromatic rings. The standard InChI is InChI=1S/C16H16F3NO.ClH/c17-16(18,19)13-6-8-14(9-7-13)21-15(10-11-20)12-4-2-1-3-5-12;/h1-9,15H,10-11,20H2;1H/i10D2,11D2,15D;. The third-order valence-electron chi connectivity index (χ3n) is 2.62. The van der Waals surface area contributed by atoms with E-state index in [1.54, 1.807) is 6.07 Å². The molecule has 0 aliphatic carbocycles. The molecule has 0 heterocycles. The van der Waals surface area contributed by atoms with Crippen LogP contribution < -0.4 is 10.5 Å². The van der Waals surface area contributed by atoms with Crippen molar-refractivity contribution in [3.8, 4) is 5.75 Å². The Bertz CT molecular complexity index is 753. The summed E-state index contributed by atoms with van der Waals surface area (Å²) in [6.45, 7) is -2.96. The number of rotatable bonds is 5. The first-order valence-electron chi connectivity index (χ1n) is 8.50. The number of alkyl halides is 3. The molecule has 0 radical (unpaired) electrons. The molecule has 0 spiro atoms. The highest BCUT2D eigenvalue weighted by atomic mass is 35.5. The van der Waals surface area contributed by atoms with Gasteiger partial charge in [0.1, 0.15) is 11.8 Å². The van der Waals surface area contributed by atoms with Crippen molar-refractivity contribution in [2.45, 2.75) is 18.6 Å². The number of hydrogen-bond acceptors (Lipinski definition) is 2. The molecule has 0 aliphatic rings. The number of benzene rings is 2. The average Bonchev–Trinajstić information content (AvgIpc) is 2.54. The van der Waals surface area contributed by atoms with Crippen LogP contribution in [0.15, 0.2) is 54.6 Å². The Morgan fingerprint density at radius 1 is 1.09 bits per heavy atom. The molecule has 1 unspecified atom stereocenters. The van der Waals surface area contributed by atoms with Gasteiger partial charge in [0.25, 0.3) is 0 Å². The fourth-order valence-electron chi connectivity index (χ4n) is 1.64. The van der Waals surface area contributed by atoms with E-state index in [1.165, 1.54) is 24.3 Å². The Hall–Kier alpha value is -1.72. The van der Waals surface area contributed by atoms with Gasteiger partial charge < -0.3 is 10.5 Å². The molecule has 2 aromatic carbocycles. The van der Waals surface area contributed by atoms with Gasteiger partial charge in [-0.25, -0.2) is 0 Å². The lowest BCUT2D eigenvalue weighted by molar-refractivity contribution is -0.137. The van der Waals surface area contributed by atoms with Crippen LogP contribution in [0.1, 0.15) is 30.4 Å². The fraction of sp³-hybridized carbons (Fsp3) is 0.250. The molecule has 0 aromatic heterocycles. The lowest BCUT2D eigenvalue weighted by Crippen LogP contribution is -2.13. The zero-order valence-corrected chi connectivity index (χ0v) is 12.0. The van der Waals surface area contributed by atoms with Crippen molar-refractivity contribution >= 4 is 12.4 Å². The molecule has 0 fully saturated rings. The molecule has 22 heavy (non-hydrogen) atoms. The normalized spacial score (nSPS) is 18.5. The monoisotopic (exact) mass is 336 g/mol. The highest BCUT2D eigenvalue weighted by molar-refractivity contribution is 5.85. The number of hydrogen-bond donors (Lipinski definition) is 1. The van der Waals surface area contributed by atoms with Crippen molar-refractivity contribution in [3.05, 3.63) is 65.7 Å². The highest BCUT2D eigenvalue weighted by Gasteiger charge is 2.30. The van der Waals surface area contributed by atoms with Crippen molar-refractivity contribution in [2.75, 3.05) is 6.50 Å². The summed E-state index contributed by atoms with van der Waals surface area (Å²) in [7, 11) is 0. The van der Waals surface area contributed by atoms with Gasteiger partial charge in [-0.05, 0) is 36.3 Å². The third-order valence-corrected chi connectivity index (χ3v) is 2.62. The second-order valence-corrected chi connectivity index (χ2v) is 4.09. The summed E-state index contributed by atoms with van der Waals surface area (Å²) < 4.78 is 83.0. The van der Waals surface area contributed by atoms with Gasteiger partial charge in [-0.15, -0.1) is 12.4 Å². The maximum atomic E-state index is 12.7. The predicted molar refractivity (Wildman–Crippen MR) is 82.2 cm³/mol. The van der Waals surface area contributed by atoms with Crippen LogP contribution in [0.4, 0.5) is 13.2 Å². The summed E-state index contributed by atoms with van der Waals surface area (Å²) in [5.74, 6) is -0.232. The van der Waals surface area contributed by atoms with Gasteiger partial charge in [-0.1, -0.05) is 30.3 Å². The molecule has 2 rings (SSSR count). The zero-order valence-electron chi connectivity index (χ0n) is 16.2. The fourth-order valence-corrected chi connectivity index (χ4v) is 1.64. The molecule has 0 saturated heterocycles. The molecule has 0 bridgehead atoms. The Morgan fingerprint density at radius 2 is 1.68 bits per heavy atom. The smallest absolute Gasteiger partial charge is 0.416 e. The Labute approximate surface area is 140 Å². The lowest BCUT2D eigenvalue weighted by Gasteiger charge is -2.19. The lowest BCUT2D eigenvalue weighted by atomic mass is 10.1. The molecule has 2 N–H and O–H groups in total. The van der Waals surface area contributed by atoms with Crippen LogP contribution in [0.5, 0.6) is 5.75 Å².